The van der Waals surface area contributed by atoms with E-state index in [0.717, 1.165) is 0 Å². The van der Waals surface area contributed by atoms with Gasteiger partial charge in [0.05, 0.1) is 28.0 Å². The van der Waals surface area contributed by atoms with Gasteiger partial charge in [-0.25, -0.2) is 9.37 Å². The molecule has 0 aliphatic rings. The van der Waals surface area contributed by atoms with E-state index in [0.29, 0.717) is 16.9 Å². The monoisotopic (exact) mass is 318 g/mol. The highest BCUT2D eigenvalue weighted by Gasteiger charge is 2.19. The smallest absolute Gasteiger partial charge is 0.326 e. The lowest BCUT2D eigenvalue weighted by Crippen LogP contribution is -2.15. The molecule has 0 aliphatic carbocycles. The van der Waals surface area contributed by atoms with Crippen molar-refractivity contribution in [2.45, 2.75) is 25.8 Å². The second kappa shape index (κ2) is 5.97. The van der Waals surface area contributed by atoms with E-state index in [-0.39, 0.29) is 18.2 Å². The van der Waals surface area contributed by atoms with Crippen LogP contribution < -0.4 is 0 Å². The van der Waals surface area contributed by atoms with Gasteiger partial charge in [0.2, 0.25) is 0 Å². The van der Waals surface area contributed by atoms with E-state index in [4.69, 9.17) is 27.9 Å². The van der Waals surface area contributed by atoms with Crippen LogP contribution in [0.4, 0.5) is 4.39 Å². The molecule has 0 saturated heterocycles. The lowest BCUT2D eigenvalue weighted by atomic mass is 10.3. The van der Waals surface area contributed by atoms with Gasteiger partial charge < -0.3 is 9.30 Å². The number of carbonyl (C=O) groups is 1. The molecule has 1 aromatic heterocycles. The number of fused-ring (bicyclic) bond motifs is 1. The van der Waals surface area contributed by atoms with E-state index in [1.807, 2.05) is 0 Å². The maximum Gasteiger partial charge on any atom is 0.326 e. The first kappa shape index (κ1) is 15.1. The lowest BCUT2D eigenvalue weighted by Gasteiger charge is -2.09. The molecule has 7 heteroatoms. The van der Waals surface area contributed by atoms with Gasteiger partial charge in [0.15, 0.2) is 0 Å². The summed E-state index contributed by atoms with van der Waals surface area (Å²) in [4.78, 5) is 15.9. The topological polar surface area (TPSA) is 44.1 Å². The van der Waals surface area contributed by atoms with E-state index < -0.39 is 17.2 Å². The van der Waals surface area contributed by atoms with Crippen LogP contribution in [0.5, 0.6) is 0 Å². The van der Waals surface area contributed by atoms with Crippen molar-refractivity contribution in [3.05, 3.63) is 28.8 Å². The van der Waals surface area contributed by atoms with E-state index in [1.165, 1.54) is 12.1 Å². The Kier molecular flexibility index (Phi) is 4.50. The molecule has 0 radical (unpaired) electrons. The normalized spacial score (nSPS) is 12.7. The van der Waals surface area contributed by atoms with Crippen molar-refractivity contribution in [2.75, 3.05) is 6.61 Å². The number of hydrogen-bond donors (Lipinski definition) is 0. The second-order valence-corrected chi connectivity index (χ2v) is 5.29. The molecule has 20 heavy (non-hydrogen) atoms. The molecule has 1 aromatic carbocycles. The highest BCUT2D eigenvalue weighted by molar-refractivity contribution is 6.31. The van der Waals surface area contributed by atoms with Crippen LogP contribution in [0.25, 0.3) is 11.0 Å². The highest BCUT2D eigenvalue weighted by atomic mass is 35.5. The van der Waals surface area contributed by atoms with Crippen molar-refractivity contribution in [3.8, 4) is 0 Å². The number of ether oxygens (including phenoxy) is 1. The van der Waals surface area contributed by atoms with Gasteiger partial charge in [-0.05, 0) is 19.9 Å². The maximum atomic E-state index is 13.6. The zero-order valence-electron chi connectivity index (χ0n) is 11.0. The van der Waals surface area contributed by atoms with Gasteiger partial charge in [0.1, 0.15) is 18.2 Å². The van der Waals surface area contributed by atoms with Crippen molar-refractivity contribution in [1.82, 2.24) is 9.55 Å². The van der Waals surface area contributed by atoms with Crippen molar-refractivity contribution in [1.29, 1.82) is 0 Å². The van der Waals surface area contributed by atoms with Gasteiger partial charge in [0.25, 0.3) is 0 Å². The number of rotatable bonds is 4. The first-order valence-corrected chi connectivity index (χ1v) is 6.90. The molecule has 0 N–H and O–H groups in total. The van der Waals surface area contributed by atoms with E-state index >= 15 is 0 Å². The van der Waals surface area contributed by atoms with Crippen molar-refractivity contribution in [3.63, 3.8) is 0 Å². The average Bonchev–Trinajstić information content (AvgIpc) is 2.69. The van der Waals surface area contributed by atoms with Crippen LogP contribution >= 0.6 is 23.2 Å². The first-order chi connectivity index (χ1) is 9.43. The van der Waals surface area contributed by atoms with Gasteiger partial charge in [-0.15, -0.1) is 11.6 Å². The number of imidazole rings is 1. The molecule has 1 unspecified atom stereocenters. The number of alkyl halides is 1. The number of halogens is 3. The standard InChI is InChI=1S/C13H13Cl2FN2O2/c1-3-20-12(19)6-18-11-5-9(16)8(15)4-10(11)17-13(18)7(2)14/h4-5,7H,3,6H2,1-2H3. The third-order valence-electron chi connectivity index (χ3n) is 2.77. The fraction of sp³-hybridized carbons (Fsp3) is 0.385. The molecule has 0 saturated carbocycles. The van der Waals surface area contributed by atoms with Crippen LogP contribution in [0.1, 0.15) is 25.0 Å². The van der Waals surface area contributed by atoms with Crippen molar-refractivity contribution < 1.29 is 13.9 Å². The summed E-state index contributed by atoms with van der Waals surface area (Å²) in [6.45, 7) is 3.64. The number of hydrogen-bond acceptors (Lipinski definition) is 3. The summed E-state index contributed by atoms with van der Waals surface area (Å²) in [6.07, 6.45) is 0. The molecule has 0 aliphatic heterocycles. The quantitative estimate of drug-likeness (QED) is 0.638. The van der Waals surface area contributed by atoms with E-state index in [9.17, 15) is 9.18 Å². The summed E-state index contributed by atoms with van der Waals surface area (Å²) in [5.41, 5.74) is 0.950. The van der Waals surface area contributed by atoms with Crippen LogP contribution in [0.3, 0.4) is 0 Å². The van der Waals surface area contributed by atoms with Crippen LogP contribution in [-0.2, 0) is 16.1 Å². The predicted octanol–water partition coefficient (Wildman–Crippen LogP) is 3.69. The third-order valence-corrected chi connectivity index (χ3v) is 3.25. The van der Waals surface area contributed by atoms with Gasteiger partial charge in [-0.1, -0.05) is 11.6 Å². The number of benzene rings is 1. The number of nitrogens with zero attached hydrogens (tertiary/aromatic N) is 2. The predicted molar refractivity (Wildman–Crippen MR) is 75.6 cm³/mol. The SMILES string of the molecule is CCOC(=O)Cn1c(C(C)Cl)nc2cc(Cl)c(F)cc21. The fourth-order valence-electron chi connectivity index (χ4n) is 1.94. The number of esters is 1. The summed E-state index contributed by atoms with van der Waals surface area (Å²) in [6, 6.07) is 2.66. The van der Waals surface area contributed by atoms with Gasteiger partial charge in [-0.2, -0.15) is 0 Å². The molecule has 0 bridgehead atoms. The summed E-state index contributed by atoms with van der Waals surface area (Å²) in [5, 5.41) is -0.453. The Labute approximate surface area is 125 Å². The van der Waals surface area contributed by atoms with Crippen LogP contribution in [0, 0.1) is 5.82 Å². The Morgan fingerprint density at radius 1 is 1.55 bits per heavy atom. The molecule has 1 atom stereocenters. The van der Waals surface area contributed by atoms with Gasteiger partial charge >= 0.3 is 5.97 Å². The molecule has 4 nitrogen and oxygen atoms in total. The summed E-state index contributed by atoms with van der Waals surface area (Å²) < 4.78 is 20.1. The highest BCUT2D eigenvalue weighted by Crippen LogP contribution is 2.28. The minimum Gasteiger partial charge on any atom is -0.465 e. The molecule has 108 valence electrons. The minimum atomic E-state index is -0.571. The second-order valence-electron chi connectivity index (χ2n) is 4.23. The Hall–Kier alpha value is -1.33. The number of carbonyl (C=O) groups excluding carboxylic acids is 1. The van der Waals surface area contributed by atoms with Gasteiger partial charge in [0, 0.05) is 6.07 Å². The Morgan fingerprint density at radius 2 is 2.25 bits per heavy atom. The lowest BCUT2D eigenvalue weighted by molar-refractivity contribution is -0.143. The van der Waals surface area contributed by atoms with Crippen LogP contribution in [0.15, 0.2) is 12.1 Å². The molecular weight excluding hydrogens is 306 g/mol. The third kappa shape index (κ3) is 2.88. The van der Waals surface area contributed by atoms with Gasteiger partial charge in [-0.3, -0.25) is 4.79 Å². The summed E-state index contributed by atoms with van der Waals surface area (Å²) >= 11 is 11.8. The van der Waals surface area contributed by atoms with E-state index in [1.54, 1.807) is 18.4 Å². The molecule has 1 heterocycles. The largest absolute Gasteiger partial charge is 0.465 e. The average molecular weight is 319 g/mol. The van der Waals surface area contributed by atoms with Crippen molar-refractivity contribution >= 4 is 40.2 Å². The molecular formula is C13H13Cl2FN2O2. The first-order valence-electron chi connectivity index (χ1n) is 6.09. The zero-order valence-corrected chi connectivity index (χ0v) is 12.5. The maximum absolute atomic E-state index is 13.6. The Bertz CT molecular complexity index is 655. The van der Waals surface area contributed by atoms with E-state index in [2.05, 4.69) is 4.98 Å². The molecule has 2 rings (SSSR count). The molecule has 2 aromatic rings. The minimum absolute atomic E-state index is 0.0212. The van der Waals surface area contributed by atoms with Crippen LogP contribution in [-0.4, -0.2) is 22.1 Å². The molecule has 0 amide bonds. The Morgan fingerprint density at radius 3 is 2.85 bits per heavy atom. The molecule has 0 fully saturated rings. The number of aromatic nitrogens is 2. The van der Waals surface area contributed by atoms with Crippen LogP contribution in [0.2, 0.25) is 5.02 Å². The fourth-order valence-corrected chi connectivity index (χ4v) is 2.27. The van der Waals surface area contributed by atoms with Crippen molar-refractivity contribution in [2.24, 2.45) is 0 Å². The summed E-state index contributed by atoms with van der Waals surface area (Å²) in [5.74, 6) is -0.532. The molecule has 0 spiro atoms. The zero-order chi connectivity index (χ0) is 14.9. The summed E-state index contributed by atoms with van der Waals surface area (Å²) in [7, 11) is 0. The Balaban J connectivity index is 2.56.